The number of rotatable bonds is 8. The van der Waals surface area contributed by atoms with Gasteiger partial charge >= 0.3 is 0 Å². The maximum Gasteiger partial charge on any atom is 0.237 e. The largest absolute Gasteiger partial charge is 0.497 e. The number of ether oxygens (including phenoxy) is 3. The molecule has 0 N–H and O–H groups in total. The van der Waals surface area contributed by atoms with Gasteiger partial charge in [-0.1, -0.05) is 0 Å². The predicted octanol–water partition coefficient (Wildman–Crippen LogP) is 3.97. The second-order valence-corrected chi connectivity index (χ2v) is 9.00. The molecule has 4 rings (SSSR count). The summed E-state index contributed by atoms with van der Waals surface area (Å²) < 4.78 is 16.1. The van der Waals surface area contributed by atoms with Crippen LogP contribution in [0, 0.1) is 5.92 Å². The van der Waals surface area contributed by atoms with E-state index in [2.05, 4.69) is 4.90 Å². The average Bonchev–Trinajstić information content (AvgIpc) is 3.38. The first kappa shape index (κ1) is 24.1. The van der Waals surface area contributed by atoms with E-state index in [1.54, 1.807) is 21.3 Å². The number of nitrogens with zero attached hydrogens (tertiary/aromatic N) is 2. The van der Waals surface area contributed by atoms with E-state index < -0.39 is 0 Å². The minimum atomic E-state index is 0.00263. The van der Waals surface area contributed by atoms with Crippen molar-refractivity contribution < 1.29 is 23.8 Å². The van der Waals surface area contributed by atoms with Crippen LogP contribution in [0.3, 0.4) is 0 Å². The van der Waals surface area contributed by atoms with Crippen molar-refractivity contribution in [3.05, 3.63) is 53.6 Å². The number of hydrogen-bond acceptors (Lipinski definition) is 6. The zero-order valence-corrected chi connectivity index (χ0v) is 20.3. The quantitative estimate of drug-likeness (QED) is 0.549. The third-order valence-corrected chi connectivity index (χ3v) is 7.06. The van der Waals surface area contributed by atoms with Gasteiger partial charge in [0.05, 0.1) is 33.9 Å². The van der Waals surface area contributed by atoms with Gasteiger partial charge in [0.1, 0.15) is 17.2 Å². The second-order valence-electron chi connectivity index (χ2n) is 9.00. The Morgan fingerprint density at radius 1 is 0.853 bits per heavy atom. The van der Waals surface area contributed by atoms with E-state index in [0.717, 1.165) is 73.7 Å². The van der Waals surface area contributed by atoms with Crippen LogP contribution in [-0.2, 0) is 4.79 Å². The normalized spacial score (nSPS) is 19.1. The van der Waals surface area contributed by atoms with Gasteiger partial charge in [0, 0.05) is 29.7 Å². The Labute approximate surface area is 201 Å². The summed E-state index contributed by atoms with van der Waals surface area (Å²) in [4.78, 5) is 30.3. The molecule has 0 radical (unpaired) electrons. The van der Waals surface area contributed by atoms with Gasteiger partial charge in [-0.2, -0.15) is 0 Å². The highest BCUT2D eigenvalue weighted by atomic mass is 16.5. The molecule has 0 bridgehead atoms. The number of hydrogen-bond donors (Lipinski definition) is 0. The molecule has 182 valence electrons. The fourth-order valence-corrected chi connectivity index (χ4v) is 5.11. The highest BCUT2D eigenvalue weighted by Crippen LogP contribution is 2.39. The van der Waals surface area contributed by atoms with E-state index in [1.165, 1.54) is 0 Å². The molecular formula is C27H34N2O5. The third kappa shape index (κ3) is 5.20. The van der Waals surface area contributed by atoms with Crippen molar-refractivity contribution in [3.63, 3.8) is 0 Å². The minimum absolute atomic E-state index is 0.00263. The standard InChI is InChI=1S/C27H34N2O5/c1-32-21-8-6-19(7-9-21)27(31)20-12-15-28(16-13-20)18-26(30)29-14-4-5-24(29)23-11-10-22(33-2)17-25(23)34-3/h6-11,17,20,24H,4-5,12-16,18H2,1-3H3. The smallest absolute Gasteiger partial charge is 0.237 e. The first-order chi connectivity index (χ1) is 16.5. The van der Waals surface area contributed by atoms with Gasteiger partial charge in [0.2, 0.25) is 5.91 Å². The molecule has 0 spiro atoms. The number of methoxy groups -OCH3 is 3. The Kier molecular flexibility index (Phi) is 7.73. The topological polar surface area (TPSA) is 68.3 Å². The van der Waals surface area contributed by atoms with Crippen LogP contribution < -0.4 is 14.2 Å². The summed E-state index contributed by atoms with van der Waals surface area (Å²) in [6.07, 6.45) is 3.44. The maximum absolute atomic E-state index is 13.3. The Morgan fingerprint density at radius 3 is 2.18 bits per heavy atom. The lowest BCUT2D eigenvalue weighted by Gasteiger charge is -2.33. The van der Waals surface area contributed by atoms with Gasteiger partial charge in [-0.05, 0) is 75.2 Å². The van der Waals surface area contributed by atoms with Crippen molar-refractivity contribution in [1.82, 2.24) is 9.80 Å². The van der Waals surface area contributed by atoms with Crippen molar-refractivity contribution >= 4 is 11.7 Å². The predicted molar refractivity (Wildman–Crippen MR) is 130 cm³/mol. The summed E-state index contributed by atoms with van der Waals surface area (Å²) in [5.74, 6) is 2.56. The van der Waals surface area contributed by atoms with Crippen molar-refractivity contribution in [2.45, 2.75) is 31.7 Å². The van der Waals surface area contributed by atoms with Gasteiger partial charge in [-0.15, -0.1) is 0 Å². The van der Waals surface area contributed by atoms with Gasteiger partial charge in [-0.25, -0.2) is 0 Å². The summed E-state index contributed by atoms with van der Waals surface area (Å²) in [6.45, 7) is 2.65. The lowest BCUT2D eigenvalue weighted by atomic mass is 9.89. The Balaban J connectivity index is 1.34. The van der Waals surface area contributed by atoms with E-state index in [9.17, 15) is 9.59 Å². The molecule has 2 aliphatic heterocycles. The molecule has 0 aromatic heterocycles. The van der Waals surface area contributed by atoms with Gasteiger partial charge < -0.3 is 19.1 Å². The van der Waals surface area contributed by atoms with Crippen LogP contribution >= 0.6 is 0 Å². The second kappa shape index (κ2) is 10.9. The van der Waals surface area contributed by atoms with E-state index in [1.807, 2.05) is 47.4 Å². The molecule has 1 amide bonds. The Morgan fingerprint density at radius 2 is 1.53 bits per heavy atom. The summed E-state index contributed by atoms with van der Waals surface area (Å²) in [5, 5.41) is 0. The lowest BCUT2D eigenvalue weighted by Crippen LogP contribution is -2.44. The maximum atomic E-state index is 13.3. The number of benzene rings is 2. The molecule has 7 nitrogen and oxygen atoms in total. The molecule has 0 aliphatic carbocycles. The van der Waals surface area contributed by atoms with Gasteiger partial charge in [0.25, 0.3) is 0 Å². The number of amides is 1. The number of carbonyl (C=O) groups excluding carboxylic acids is 2. The van der Waals surface area contributed by atoms with Gasteiger partial charge in [-0.3, -0.25) is 14.5 Å². The molecule has 2 heterocycles. The molecule has 2 aromatic rings. The molecule has 2 saturated heterocycles. The minimum Gasteiger partial charge on any atom is -0.497 e. The van der Waals surface area contributed by atoms with E-state index >= 15 is 0 Å². The zero-order chi connectivity index (χ0) is 24.1. The summed E-state index contributed by atoms with van der Waals surface area (Å²) in [7, 11) is 4.90. The average molecular weight is 467 g/mol. The van der Waals surface area contributed by atoms with Crippen LogP contribution in [0.5, 0.6) is 17.2 Å². The van der Waals surface area contributed by atoms with Crippen molar-refractivity contribution in [2.75, 3.05) is 47.5 Å². The van der Waals surface area contributed by atoms with Crippen LogP contribution in [0.4, 0.5) is 0 Å². The van der Waals surface area contributed by atoms with Crippen LogP contribution in [0.15, 0.2) is 42.5 Å². The molecular weight excluding hydrogens is 432 g/mol. The monoisotopic (exact) mass is 466 g/mol. The Bertz CT molecular complexity index is 999. The first-order valence-electron chi connectivity index (χ1n) is 12.0. The van der Waals surface area contributed by atoms with Gasteiger partial charge in [0.15, 0.2) is 5.78 Å². The fraction of sp³-hybridized carbons (Fsp3) is 0.481. The SMILES string of the molecule is COc1ccc(C(=O)C2CCN(CC(=O)N3CCCC3c3ccc(OC)cc3OC)CC2)cc1. The number of likely N-dealkylation sites (tertiary alicyclic amines) is 2. The molecule has 2 aliphatic rings. The highest BCUT2D eigenvalue weighted by molar-refractivity contribution is 5.98. The molecule has 2 fully saturated rings. The molecule has 7 heteroatoms. The van der Waals surface area contributed by atoms with Crippen LogP contribution in [0.25, 0.3) is 0 Å². The molecule has 2 aromatic carbocycles. The number of Topliss-reactive ketones (excluding diaryl/α,β-unsaturated/α-hetero) is 1. The van der Waals surface area contributed by atoms with Crippen molar-refractivity contribution in [3.8, 4) is 17.2 Å². The first-order valence-corrected chi connectivity index (χ1v) is 12.0. The number of carbonyl (C=O) groups is 2. The molecule has 34 heavy (non-hydrogen) atoms. The molecule has 0 saturated carbocycles. The van der Waals surface area contributed by atoms with Crippen LogP contribution in [0.2, 0.25) is 0 Å². The van der Waals surface area contributed by atoms with Crippen molar-refractivity contribution in [2.24, 2.45) is 5.92 Å². The van der Waals surface area contributed by atoms with E-state index in [-0.39, 0.29) is 23.7 Å². The van der Waals surface area contributed by atoms with Crippen molar-refractivity contribution in [1.29, 1.82) is 0 Å². The number of piperidine rings is 1. The lowest BCUT2D eigenvalue weighted by molar-refractivity contribution is -0.133. The van der Waals surface area contributed by atoms with Crippen LogP contribution in [-0.4, -0.2) is 69.0 Å². The summed E-state index contributed by atoms with van der Waals surface area (Å²) >= 11 is 0. The summed E-state index contributed by atoms with van der Waals surface area (Å²) in [6, 6.07) is 13.1. The molecule has 1 unspecified atom stereocenters. The van der Waals surface area contributed by atoms with E-state index in [0.29, 0.717) is 6.54 Å². The summed E-state index contributed by atoms with van der Waals surface area (Å²) in [5.41, 5.74) is 1.75. The molecule has 1 atom stereocenters. The van der Waals surface area contributed by atoms with Crippen LogP contribution in [0.1, 0.15) is 47.6 Å². The third-order valence-electron chi connectivity index (χ3n) is 7.06. The zero-order valence-electron chi connectivity index (χ0n) is 20.3. The number of ketones is 1. The Hall–Kier alpha value is -3.06. The van der Waals surface area contributed by atoms with E-state index in [4.69, 9.17) is 14.2 Å². The highest BCUT2D eigenvalue weighted by Gasteiger charge is 2.34. The fourth-order valence-electron chi connectivity index (χ4n) is 5.11.